The molecule has 3 nitrogen and oxygen atoms in total. The fourth-order valence-corrected chi connectivity index (χ4v) is 3.10. The molecule has 1 atom stereocenters. The van der Waals surface area contributed by atoms with Crippen molar-refractivity contribution in [2.24, 2.45) is 0 Å². The third-order valence-electron chi connectivity index (χ3n) is 4.28. The predicted molar refractivity (Wildman–Crippen MR) is 88.6 cm³/mol. The number of nitrogens with zero attached hydrogens (tertiary/aromatic N) is 3. The summed E-state index contributed by atoms with van der Waals surface area (Å²) in [5.41, 5.74) is 6.53. The van der Waals surface area contributed by atoms with Crippen molar-refractivity contribution in [1.29, 1.82) is 0 Å². The van der Waals surface area contributed by atoms with Gasteiger partial charge in [-0.3, -0.25) is 0 Å². The van der Waals surface area contributed by atoms with Gasteiger partial charge in [0.1, 0.15) is 6.17 Å². The second-order valence-corrected chi connectivity index (χ2v) is 5.66. The van der Waals surface area contributed by atoms with Gasteiger partial charge in [0.05, 0.1) is 17.9 Å². The third-order valence-corrected chi connectivity index (χ3v) is 4.28. The van der Waals surface area contributed by atoms with Crippen LogP contribution < -0.4 is 9.80 Å². The molecule has 0 saturated carbocycles. The van der Waals surface area contributed by atoms with Crippen LogP contribution in [0.3, 0.4) is 0 Å². The van der Waals surface area contributed by atoms with Gasteiger partial charge in [0.15, 0.2) is 0 Å². The van der Waals surface area contributed by atoms with Crippen LogP contribution in [0.15, 0.2) is 36.4 Å². The van der Waals surface area contributed by atoms with Crippen LogP contribution >= 0.6 is 0 Å². The van der Waals surface area contributed by atoms with E-state index in [9.17, 15) is 0 Å². The van der Waals surface area contributed by atoms with Gasteiger partial charge >= 0.3 is 0 Å². The molecule has 21 heavy (non-hydrogen) atoms. The molecular formula is C18H19N3. The molecule has 0 fully saturated rings. The predicted octanol–water partition coefficient (Wildman–Crippen LogP) is 4.79. The molecule has 0 saturated heterocycles. The van der Waals surface area contributed by atoms with E-state index in [1.165, 1.54) is 16.8 Å². The standard InChI is InChI=1S/C18H19N3/c1-12-9-10-16(13(2)11-12)21-14(3)20(5)17-8-6-7-15(19-4)18(17)21/h6-11,14H,1-3,5H3/t14-/m0/s1. The number of benzene rings is 2. The first kappa shape index (κ1) is 13.5. The highest BCUT2D eigenvalue weighted by atomic mass is 15.4. The van der Waals surface area contributed by atoms with Crippen LogP contribution in [0, 0.1) is 20.4 Å². The van der Waals surface area contributed by atoms with Crippen LogP contribution in [0.25, 0.3) is 4.85 Å². The Labute approximate surface area is 126 Å². The van der Waals surface area contributed by atoms with Gasteiger partial charge in [-0.25, -0.2) is 4.85 Å². The van der Waals surface area contributed by atoms with Gasteiger partial charge in [-0.1, -0.05) is 29.8 Å². The summed E-state index contributed by atoms with van der Waals surface area (Å²) in [4.78, 5) is 8.22. The summed E-state index contributed by atoms with van der Waals surface area (Å²) in [7, 11) is 2.08. The SMILES string of the molecule is [C-]#[N+]c1cccc2c1N(c1ccc(C)cc1C)[C@@H](C)N2C. The zero-order valence-corrected chi connectivity index (χ0v) is 12.9. The highest BCUT2D eigenvalue weighted by Gasteiger charge is 2.33. The molecule has 1 heterocycles. The Morgan fingerprint density at radius 3 is 2.52 bits per heavy atom. The second-order valence-electron chi connectivity index (χ2n) is 5.66. The molecule has 2 aromatic rings. The summed E-state index contributed by atoms with van der Waals surface area (Å²) in [6, 6.07) is 12.4. The number of anilines is 3. The van der Waals surface area contributed by atoms with Gasteiger partial charge in [0, 0.05) is 12.7 Å². The fourth-order valence-electron chi connectivity index (χ4n) is 3.10. The Morgan fingerprint density at radius 2 is 1.86 bits per heavy atom. The van der Waals surface area contributed by atoms with E-state index in [-0.39, 0.29) is 6.17 Å². The summed E-state index contributed by atoms with van der Waals surface area (Å²) in [6.45, 7) is 13.9. The second kappa shape index (κ2) is 4.82. The Balaban J connectivity index is 2.24. The van der Waals surface area contributed by atoms with Crippen molar-refractivity contribution in [2.45, 2.75) is 26.9 Å². The molecule has 0 radical (unpaired) electrons. The average molecular weight is 277 g/mol. The summed E-state index contributed by atoms with van der Waals surface area (Å²) < 4.78 is 0. The molecule has 1 aliphatic heterocycles. The molecule has 106 valence electrons. The number of para-hydroxylation sites is 1. The summed E-state index contributed by atoms with van der Waals surface area (Å²) in [5, 5.41) is 0. The normalized spacial score (nSPS) is 16.8. The lowest BCUT2D eigenvalue weighted by atomic mass is 10.1. The largest absolute Gasteiger partial charge is 0.354 e. The van der Waals surface area contributed by atoms with Gasteiger partial charge in [0.2, 0.25) is 5.69 Å². The number of hydrogen-bond acceptors (Lipinski definition) is 2. The molecule has 0 aliphatic carbocycles. The van der Waals surface area contributed by atoms with E-state index in [1.54, 1.807) is 0 Å². The van der Waals surface area contributed by atoms with E-state index < -0.39 is 0 Å². The minimum atomic E-state index is 0.198. The topological polar surface area (TPSA) is 10.8 Å². The van der Waals surface area contributed by atoms with Gasteiger partial charge in [-0.2, -0.15) is 0 Å². The molecule has 1 aliphatic rings. The van der Waals surface area contributed by atoms with E-state index in [0.717, 1.165) is 11.4 Å². The molecule has 0 unspecified atom stereocenters. The van der Waals surface area contributed by atoms with E-state index >= 15 is 0 Å². The van der Waals surface area contributed by atoms with Crippen LogP contribution in [0.2, 0.25) is 0 Å². The Hall–Kier alpha value is -2.47. The van der Waals surface area contributed by atoms with Gasteiger partial charge in [-0.15, -0.1) is 0 Å². The van der Waals surface area contributed by atoms with Crippen molar-refractivity contribution in [3.63, 3.8) is 0 Å². The Bertz CT molecular complexity index is 743. The summed E-state index contributed by atoms with van der Waals surface area (Å²) >= 11 is 0. The number of rotatable bonds is 1. The quantitative estimate of drug-likeness (QED) is 0.694. The van der Waals surface area contributed by atoms with Crippen LogP contribution in [0.5, 0.6) is 0 Å². The highest BCUT2D eigenvalue weighted by molar-refractivity contribution is 5.93. The summed E-state index contributed by atoms with van der Waals surface area (Å²) in [5.74, 6) is 0. The molecular weight excluding hydrogens is 258 g/mol. The van der Waals surface area contributed by atoms with Crippen molar-refractivity contribution in [2.75, 3.05) is 16.8 Å². The lowest BCUT2D eigenvalue weighted by molar-refractivity contribution is 0.733. The van der Waals surface area contributed by atoms with Crippen LogP contribution in [0.1, 0.15) is 18.1 Å². The van der Waals surface area contributed by atoms with Crippen molar-refractivity contribution < 1.29 is 0 Å². The first-order chi connectivity index (χ1) is 10.0. The average Bonchev–Trinajstić information content (AvgIpc) is 2.72. The highest BCUT2D eigenvalue weighted by Crippen LogP contribution is 2.49. The Kier molecular flexibility index (Phi) is 3.10. The van der Waals surface area contributed by atoms with Gasteiger partial charge in [0.25, 0.3) is 0 Å². The summed E-state index contributed by atoms with van der Waals surface area (Å²) in [6.07, 6.45) is 0.198. The van der Waals surface area contributed by atoms with Crippen LogP contribution in [-0.2, 0) is 0 Å². The Morgan fingerprint density at radius 1 is 1.10 bits per heavy atom. The minimum Gasteiger partial charge on any atom is -0.354 e. The lowest BCUT2D eigenvalue weighted by Crippen LogP contribution is -2.35. The van der Waals surface area contributed by atoms with Crippen molar-refractivity contribution in [1.82, 2.24) is 0 Å². The van der Waals surface area contributed by atoms with E-state index in [4.69, 9.17) is 6.57 Å². The van der Waals surface area contributed by atoms with Crippen molar-refractivity contribution in [3.05, 3.63) is 58.9 Å². The number of aryl methyl sites for hydroxylation is 2. The van der Waals surface area contributed by atoms with Gasteiger partial charge in [-0.05, 0) is 38.5 Å². The van der Waals surface area contributed by atoms with Crippen molar-refractivity contribution >= 4 is 22.7 Å². The molecule has 0 N–H and O–H groups in total. The molecule has 0 spiro atoms. The molecule has 3 heteroatoms. The minimum absolute atomic E-state index is 0.198. The molecule has 0 aromatic heterocycles. The number of hydrogen-bond donors (Lipinski definition) is 0. The maximum Gasteiger partial charge on any atom is 0.212 e. The maximum atomic E-state index is 7.46. The van der Waals surface area contributed by atoms with Gasteiger partial charge < -0.3 is 9.80 Å². The fraction of sp³-hybridized carbons (Fsp3) is 0.278. The van der Waals surface area contributed by atoms with Crippen LogP contribution in [0.4, 0.5) is 22.7 Å². The van der Waals surface area contributed by atoms with E-state index in [0.29, 0.717) is 5.69 Å². The van der Waals surface area contributed by atoms with Crippen molar-refractivity contribution in [3.8, 4) is 0 Å². The van der Waals surface area contributed by atoms with E-state index in [1.807, 2.05) is 12.1 Å². The number of fused-ring (bicyclic) bond motifs is 1. The monoisotopic (exact) mass is 277 g/mol. The zero-order chi connectivity index (χ0) is 15.1. The molecule has 3 rings (SSSR count). The smallest absolute Gasteiger partial charge is 0.212 e. The van der Waals surface area contributed by atoms with Crippen LogP contribution in [-0.4, -0.2) is 13.2 Å². The first-order valence-corrected chi connectivity index (χ1v) is 7.14. The molecule has 0 amide bonds. The lowest BCUT2D eigenvalue weighted by Gasteiger charge is -2.29. The third kappa shape index (κ3) is 1.95. The zero-order valence-electron chi connectivity index (χ0n) is 12.9. The maximum absolute atomic E-state index is 7.46. The first-order valence-electron chi connectivity index (χ1n) is 7.14. The molecule has 0 bridgehead atoms. The molecule has 2 aromatic carbocycles. The van der Waals surface area contributed by atoms with E-state index in [2.05, 4.69) is 66.7 Å².